The highest BCUT2D eigenvalue weighted by atomic mass is 19.1. The van der Waals surface area contributed by atoms with E-state index in [9.17, 15) is 9.18 Å². The zero-order valence-corrected chi connectivity index (χ0v) is 17.9. The minimum absolute atomic E-state index is 0. The first-order valence-electron chi connectivity index (χ1n) is 10.4. The topological polar surface area (TPSA) is 87.6 Å². The van der Waals surface area contributed by atoms with E-state index in [1.165, 1.54) is 30.5 Å². The number of nitrogens with zero attached hydrogens (tertiary/aromatic N) is 1. The van der Waals surface area contributed by atoms with Gasteiger partial charge in [-0.25, -0.2) is 8.78 Å². The number of pyridine rings is 1. The molecule has 2 N–H and O–H groups in total. The highest BCUT2D eigenvalue weighted by molar-refractivity contribution is 5.93. The molecular weight excluding hydrogens is 442 g/mol. The zero-order valence-electron chi connectivity index (χ0n) is 17.9. The molecule has 0 atom stereocenters. The first-order chi connectivity index (χ1) is 16.0. The summed E-state index contributed by atoms with van der Waals surface area (Å²) in [6, 6.07) is 10.6. The Kier molecular flexibility index (Phi) is 7.96. The van der Waals surface area contributed by atoms with Gasteiger partial charge in [0.05, 0.1) is 30.4 Å². The second-order valence-corrected chi connectivity index (χ2v) is 7.32. The lowest BCUT2D eigenvalue weighted by atomic mass is 10.00. The summed E-state index contributed by atoms with van der Waals surface area (Å²) < 4.78 is 45.4. The summed E-state index contributed by atoms with van der Waals surface area (Å²) in [5.41, 5.74) is 8.88. The second kappa shape index (κ2) is 10.9. The fourth-order valence-corrected chi connectivity index (χ4v) is 3.58. The molecule has 178 valence electrons. The van der Waals surface area contributed by atoms with Crippen LogP contribution in [0.1, 0.15) is 31.2 Å². The Morgan fingerprint density at radius 3 is 2.71 bits per heavy atom. The Morgan fingerprint density at radius 1 is 1.12 bits per heavy atom. The fourth-order valence-electron chi connectivity index (χ4n) is 3.58. The first-order valence-corrected chi connectivity index (χ1v) is 10.4. The van der Waals surface area contributed by atoms with Crippen LogP contribution in [0, 0.1) is 11.6 Å². The lowest BCUT2D eigenvalue weighted by Crippen LogP contribution is -2.09. The van der Waals surface area contributed by atoms with Gasteiger partial charge in [0.1, 0.15) is 29.6 Å². The SMILES string of the molecule is C.CCOC(=O)Cc1ccc(F)cc1OCc1cc(-c2ccnc(CN)c2)c2occc2c1F. The Balaban J connectivity index is 0.00000324. The van der Waals surface area contributed by atoms with E-state index >= 15 is 4.39 Å². The van der Waals surface area contributed by atoms with Crippen LogP contribution in [0.15, 0.2) is 59.3 Å². The van der Waals surface area contributed by atoms with Crippen molar-refractivity contribution in [2.75, 3.05) is 6.61 Å². The largest absolute Gasteiger partial charge is 0.488 e. The average Bonchev–Trinajstić information content (AvgIpc) is 3.31. The van der Waals surface area contributed by atoms with E-state index in [0.29, 0.717) is 27.8 Å². The van der Waals surface area contributed by atoms with Crippen LogP contribution in [0.4, 0.5) is 8.78 Å². The van der Waals surface area contributed by atoms with Crippen LogP contribution in [-0.4, -0.2) is 17.6 Å². The highest BCUT2D eigenvalue weighted by Gasteiger charge is 2.18. The van der Waals surface area contributed by atoms with E-state index in [1.807, 2.05) is 6.07 Å². The summed E-state index contributed by atoms with van der Waals surface area (Å²) in [4.78, 5) is 16.1. The number of esters is 1. The molecule has 0 saturated carbocycles. The number of rotatable bonds is 8. The van der Waals surface area contributed by atoms with Crippen molar-refractivity contribution in [1.29, 1.82) is 0 Å². The van der Waals surface area contributed by atoms with Crippen LogP contribution in [-0.2, 0) is 29.1 Å². The normalized spacial score (nSPS) is 10.7. The van der Waals surface area contributed by atoms with Gasteiger partial charge in [-0.2, -0.15) is 0 Å². The van der Waals surface area contributed by atoms with Crippen LogP contribution in [0.2, 0.25) is 0 Å². The van der Waals surface area contributed by atoms with Crippen molar-refractivity contribution in [2.24, 2.45) is 5.73 Å². The van der Waals surface area contributed by atoms with Crippen molar-refractivity contribution in [3.8, 4) is 16.9 Å². The smallest absolute Gasteiger partial charge is 0.310 e. The predicted molar refractivity (Wildman–Crippen MR) is 125 cm³/mol. The number of halogens is 2. The number of aromatic nitrogens is 1. The minimum atomic E-state index is -0.532. The summed E-state index contributed by atoms with van der Waals surface area (Å²) in [5.74, 6) is -1.35. The summed E-state index contributed by atoms with van der Waals surface area (Å²) in [5, 5.41) is 0.295. The number of nitrogens with two attached hydrogens (primary N) is 1. The fraction of sp³-hybridized carbons (Fsp3) is 0.231. The maximum Gasteiger partial charge on any atom is 0.310 e. The molecule has 0 aliphatic heterocycles. The van der Waals surface area contributed by atoms with E-state index < -0.39 is 17.6 Å². The zero-order chi connectivity index (χ0) is 23.4. The Labute approximate surface area is 196 Å². The van der Waals surface area contributed by atoms with E-state index in [0.717, 1.165) is 5.56 Å². The van der Waals surface area contributed by atoms with Crippen molar-refractivity contribution in [1.82, 2.24) is 4.98 Å². The number of hydrogen-bond acceptors (Lipinski definition) is 6. The molecule has 0 aliphatic carbocycles. The predicted octanol–water partition coefficient (Wildman–Crippen LogP) is 5.55. The third-order valence-electron chi connectivity index (χ3n) is 5.14. The third-order valence-corrected chi connectivity index (χ3v) is 5.14. The molecule has 0 radical (unpaired) electrons. The molecule has 0 aliphatic rings. The molecule has 4 rings (SSSR count). The second-order valence-electron chi connectivity index (χ2n) is 7.32. The van der Waals surface area contributed by atoms with E-state index in [1.54, 1.807) is 25.3 Å². The standard InChI is InChI=1S/C25H22F2N2O4.CH4/c1-2-31-23(30)11-16-3-4-18(26)12-22(16)33-14-17-10-21(15-5-7-29-19(9-15)13-28)25-20(24(17)27)6-8-32-25;/h3-10,12H,2,11,13-14,28H2,1H3;1H4. The van der Waals surface area contributed by atoms with Gasteiger partial charge >= 0.3 is 5.97 Å². The van der Waals surface area contributed by atoms with Crippen LogP contribution >= 0.6 is 0 Å². The van der Waals surface area contributed by atoms with Gasteiger partial charge in [-0.3, -0.25) is 9.78 Å². The molecule has 0 spiro atoms. The van der Waals surface area contributed by atoms with Crippen molar-refractivity contribution in [3.63, 3.8) is 0 Å². The molecule has 8 heteroatoms. The Morgan fingerprint density at radius 2 is 1.94 bits per heavy atom. The van der Waals surface area contributed by atoms with Gasteiger partial charge < -0.3 is 19.6 Å². The molecule has 0 amide bonds. The lowest BCUT2D eigenvalue weighted by Gasteiger charge is -2.14. The van der Waals surface area contributed by atoms with Gasteiger partial charge in [0.15, 0.2) is 0 Å². The minimum Gasteiger partial charge on any atom is -0.488 e. The maximum absolute atomic E-state index is 15.2. The molecule has 0 saturated heterocycles. The number of furan rings is 1. The number of hydrogen-bond donors (Lipinski definition) is 1. The third kappa shape index (κ3) is 5.23. The van der Waals surface area contributed by atoms with E-state index in [4.69, 9.17) is 19.6 Å². The number of ether oxygens (including phenoxy) is 2. The first kappa shape index (κ1) is 24.9. The summed E-state index contributed by atoms with van der Waals surface area (Å²) in [6.07, 6.45) is 2.95. The molecule has 0 bridgehead atoms. The van der Waals surface area contributed by atoms with E-state index in [2.05, 4.69) is 4.98 Å². The van der Waals surface area contributed by atoms with Crippen LogP contribution < -0.4 is 10.5 Å². The van der Waals surface area contributed by atoms with Gasteiger partial charge in [0.2, 0.25) is 0 Å². The molecule has 0 unspecified atom stereocenters. The molecule has 6 nitrogen and oxygen atoms in total. The molecule has 2 aromatic heterocycles. The molecule has 0 fully saturated rings. The van der Waals surface area contributed by atoms with Gasteiger partial charge in [0.25, 0.3) is 0 Å². The quantitative estimate of drug-likeness (QED) is 0.341. The van der Waals surface area contributed by atoms with Gasteiger partial charge in [-0.15, -0.1) is 0 Å². The number of carbonyl (C=O) groups is 1. The van der Waals surface area contributed by atoms with E-state index in [-0.39, 0.29) is 44.9 Å². The lowest BCUT2D eigenvalue weighted by molar-refractivity contribution is -0.142. The van der Waals surface area contributed by atoms with Crippen molar-refractivity contribution >= 4 is 16.9 Å². The number of benzene rings is 2. The van der Waals surface area contributed by atoms with Crippen LogP contribution in [0.3, 0.4) is 0 Å². The summed E-state index contributed by atoms with van der Waals surface area (Å²) >= 11 is 0. The van der Waals surface area contributed by atoms with Gasteiger partial charge in [0, 0.05) is 35.5 Å². The van der Waals surface area contributed by atoms with Crippen LogP contribution in [0.5, 0.6) is 5.75 Å². The van der Waals surface area contributed by atoms with Crippen LogP contribution in [0.25, 0.3) is 22.1 Å². The maximum atomic E-state index is 15.2. The monoisotopic (exact) mass is 468 g/mol. The Bertz CT molecular complexity index is 1300. The summed E-state index contributed by atoms with van der Waals surface area (Å²) in [7, 11) is 0. The Hall–Kier alpha value is -3.78. The number of fused-ring (bicyclic) bond motifs is 1. The molecule has 2 aromatic carbocycles. The molecule has 2 heterocycles. The highest BCUT2D eigenvalue weighted by Crippen LogP contribution is 2.34. The van der Waals surface area contributed by atoms with Gasteiger partial charge in [-0.05, 0) is 42.8 Å². The van der Waals surface area contributed by atoms with Crippen molar-refractivity contribution in [2.45, 2.75) is 33.9 Å². The van der Waals surface area contributed by atoms with Gasteiger partial charge in [-0.1, -0.05) is 13.5 Å². The van der Waals surface area contributed by atoms with Crippen molar-refractivity contribution < 1.29 is 27.5 Å². The molecule has 34 heavy (non-hydrogen) atoms. The van der Waals surface area contributed by atoms with Crippen molar-refractivity contribution in [3.05, 3.63) is 83.4 Å². The summed E-state index contributed by atoms with van der Waals surface area (Å²) in [6.45, 7) is 2.00. The molecule has 4 aromatic rings. The number of carbonyl (C=O) groups excluding carboxylic acids is 1. The molecular formula is C26H26F2N2O4. The average molecular weight is 469 g/mol.